The van der Waals surface area contributed by atoms with Crippen LogP contribution in [0.3, 0.4) is 0 Å². The minimum absolute atomic E-state index is 0.0723. The van der Waals surface area contributed by atoms with Crippen molar-refractivity contribution >= 4 is 15.9 Å². The molecule has 0 aliphatic rings. The zero-order valence-corrected chi connectivity index (χ0v) is 11.4. The fourth-order valence-electron chi connectivity index (χ4n) is 1.61. The third-order valence-electron chi connectivity index (χ3n) is 2.58. The van der Waals surface area contributed by atoms with E-state index in [1.807, 2.05) is 0 Å². The van der Waals surface area contributed by atoms with Gasteiger partial charge in [0.2, 0.25) is 0 Å². The van der Waals surface area contributed by atoms with Crippen molar-refractivity contribution in [1.82, 2.24) is 0 Å². The van der Waals surface area contributed by atoms with Gasteiger partial charge in [-0.15, -0.1) is 0 Å². The number of ether oxygens (including phenoxy) is 1. The molecule has 2 rings (SSSR count). The molecule has 0 fully saturated rings. The predicted octanol–water partition coefficient (Wildman–Crippen LogP) is 4.58. The van der Waals surface area contributed by atoms with Crippen LogP contribution in [0.4, 0.5) is 13.2 Å². The highest BCUT2D eigenvalue weighted by Crippen LogP contribution is 2.26. The van der Waals surface area contributed by atoms with Gasteiger partial charge in [0.05, 0.1) is 0 Å². The maximum Gasteiger partial charge on any atom is 0.165 e. The summed E-state index contributed by atoms with van der Waals surface area (Å²) in [6.07, 6.45) is 0. The van der Waals surface area contributed by atoms with Gasteiger partial charge in [-0.2, -0.15) is 0 Å². The second-order valence-corrected chi connectivity index (χ2v) is 4.45. The van der Waals surface area contributed by atoms with Crippen LogP contribution in [0.1, 0.15) is 11.1 Å². The zero-order valence-electron chi connectivity index (χ0n) is 9.80. The molecule has 19 heavy (non-hydrogen) atoms. The van der Waals surface area contributed by atoms with Crippen molar-refractivity contribution < 1.29 is 17.9 Å². The quantitative estimate of drug-likeness (QED) is 0.746. The number of benzene rings is 2. The van der Waals surface area contributed by atoms with Gasteiger partial charge in [-0.05, 0) is 18.2 Å². The van der Waals surface area contributed by atoms with E-state index < -0.39 is 17.5 Å². The molecule has 0 unspecified atom stereocenters. The summed E-state index contributed by atoms with van der Waals surface area (Å²) in [4.78, 5) is 0. The molecule has 0 spiro atoms. The van der Waals surface area contributed by atoms with Crippen LogP contribution < -0.4 is 4.74 Å². The molecule has 0 amide bonds. The Morgan fingerprint density at radius 3 is 2.42 bits per heavy atom. The fraction of sp³-hybridized carbons (Fsp3) is 0.143. The Morgan fingerprint density at radius 2 is 1.74 bits per heavy atom. The Labute approximate surface area is 117 Å². The highest BCUT2D eigenvalue weighted by atomic mass is 79.9. The van der Waals surface area contributed by atoms with Crippen LogP contribution in [0, 0.1) is 17.5 Å². The van der Waals surface area contributed by atoms with Gasteiger partial charge in [0.25, 0.3) is 0 Å². The largest absolute Gasteiger partial charge is 0.485 e. The van der Waals surface area contributed by atoms with Crippen molar-refractivity contribution in [3.63, 3.8) is 0 Å². The van der Waals surface area contributed by atoms with Crippen LogP contribution in [0.15, 0.2) is 36.4 Å². The Kier molecular flexibility index (Phi) is 4.47. The average Bonchev–Trinajstić information content (AvgIpc) is 2.39. The van der Waals surface area contributed by atoms with Gasteiger partial charge in [0, 0.05) is 22.5 Å². The number of halogens is 4. The monoisotopic (exact) mass is 330 g/mol. The first kappa shape index (κ1) is 13.9. The van der Waals surface area contributed by atoms with Crippen molar-refractivity contribution in [3.05, 3.63) is 65.0 Å². The lowest BCUT2D eigenvalue weighted by molar-refractivity contribution is 0.282. The molecule has 0 heterocycles. The molecule has 0 N–H and O–H groups in total. The van der Waals surface area contributed by atoms with Crippen LogP contribution >= 0.6 is 15.9 Å². The number of rotatable bonds is 4. The molecule has 0 radical (unpaired) electrons. The second-order valence-electron chi connectivity index (χ2n) is 3.89. The molecule has 100 valence electrons. The minimum Gasteiger partial charge on any atom is -0.485 e. The second kappa shape index (κ2) is 6.10. The fourth-order valence-corrected chi connectivity index (χ4v) is 2.05. The van der Waals surface area contributed by atoms with Crippen LogP contribution in [0.2, 0.25) is 0 Å². The van der Waals surface area contributed by atoms with Gasteiger partial charge >= 0.3 is 0 Å². The SMILES string of the molecule is Fc1ccc(COc2c(F)cccc2CBr)c(F)c1. The first-order valence-electron chi connectivity index (χ1n) is 5.52. The third-order valence-corrected chi connectivity index (χ3v) is 3.18. The molecule has 0 aromatic heterocycles. The summed E-state index contributed by atoms with van der Waals surface area (Å²) in [5.41, 5.74) is 0.799. The van der Waals surface area contributed by atoms with Gasteiger partial charge in [-0.1, -0.05) is 28.1 Å². The third kappa shape index (κ3) is 3.29. The Hall–Kier alpha value is -1.49. The lowest BCUT2D eigenvalue weighted by Crippen LogP contribution is -2.02. The number of para-hydroxylation sites is 1. The topological polar surface area (TPSA) is 9.23 Å². The smallest absolute Gasteiger partial charge is 0.165 e. The number of hydrogen-bond acceptors (Lipinski definition) is 1. The number of hydrogen-bond donors (Lipinski definition) is 0. The van der Waals surface area contributed by atoms with E-state index in [2.05, 4.69) is 15.9 Å². The van der Waals surface area contributed by atoms with Crippen molar-refractivity contribution in [1.29, 1.82) is 0 Å². The van der Waals surface area contributed by atoms with E-state index in [1.165, 1.54) is 12.1 Å². The summed E-state index contributed by atoms with van der Waals surface area (Å²) in [5.74, 6) is -1.81. The Morgan fingerprint density at radius 1 is 0.947 bits per heavy atom. The molecular weight excluding hydrogens is 321 g/mol. The molecule has 0 aliphatic carbocycles. The standard InChI is InChI=1S/C14H10BrF3O/c15-7-9-2-1-3-12(17)14(9)19-8-10-4-5-11(16)6-13(10)18/h1-6H,7-8H2. The Bertz CT molecular complexity index is 587. The molecule has 1 nitrogen and oxygen atoms in total. The van der Waals surface area contributed by atoms with E-state index in [4.69, 9.17) is 4.74 Å². The first-order valence-corrected chi connectivity index (χ1v) is 6.64. The van der Waals surface area contributed by atoms with E-state index in [9.17, 15) is 13.2 Å². The molecule has 0 saturated heterocycles. The van der Waals surface area contributed by atoms with E-state index in [0.29, 0.717) is 10.9 Å². The minimum atomic E-state index is -0.711. The molecule has 0 saturated carbocycles. The van der Waals surface area contributed by atoms with Crippen molar-refractivity contribution in [3.8, 4) is 5.75 Å². The highest BCUT2D eigenvalue weighted by Gasteiger charge is 2.11. The maximum absolute atomic E-state index is 13.6. The number of alkyl halides is 1. The molecule has 5 heteroatoms. The summed E-state index contributed by atoms with van der Waals surface area (Å²) in [6, 6.07) is 7.72. The summed E-state index contributed by atoms with van der Waals surface area (Å²) in [7, 11) is 0. The van der Waals surface area contributed by atoms with E-state index >= 15 is 0 Å². The maximum atomic E-state index is 13.6. The average molecular weight is 331 g/mol. The van der Waals surface area contributed by atoms with Crippen LogP contribution in [-0.4, -0.2) is 0 Å². The van der Waals surface area contributed by atoms with Gasteiger partial charge < -0.3 is 4.74 Å². The normalized spacial score (nSPS) is 10.5. The predicted molar refractivity (Wildman–Crippen MR) is 69.7 cm³/mol. The van der Waals surface area contributed by atoms with E-state index in [1.54, 1.807) is 12.1 Å². The summed E-state index contributed by atoms with van der Waals surface area (Å²) < 4.78 is 45.1. The van der Waals surface area contributed by atoms with Gasteiger partial charge in [0.15, 0.2) is 11.6 Å². The van der Waals surface area contributed by atoms with Gasteiger partial charge in [0.1, 0.15) is 18.2 Å². The van der Waals surface area contributed by atoms with Crippen molar-refractivity contribution in [2.45, 2.75) is 11.9 Å². The molecule has 2 aromatic rings. The molecule has 0 bridgehead atoms. The first-order chi connectivity index (χ1) is 9.11. The van der Waals surface area contributed by atoms with Gasteiger partial charge in [-0.25, -0.2) is 13.2 Å². The summed E-state index contributed by atoms with van der Waals surface area (Å²) in [5, 5.41) is 0.423. The lowest BCUT2D eigenvalue weighted by Gasteiger charge is -2.11. The van der Waals surface area contributed by atoms with Gasteiger partial charge in [-0.3, -0.25) is 0 Å². The summed E-state index contributed by atoms with van der Waals surface area (Å²) >= 11 is 3.22. The van der Waals surface area contributed by atoms with Crippen LogP contribution in [0.25, 0.3) is 0 Å². The van der Waals surface area contributed by atoms with Crippen LogP contribution in [0.5, 0.6) is 5.75 Å². The molecule has 0 atom stereocenters. The molecule has 0 aliphatic heterocycles. The lowest BCUT2D eigenvalue weighted by atomic mass is 10.2. The van der Waals surface area contributed by atoms with E-state index in [0.717, 1.165) is 12.1 Å². The van der Waals surface area contributed by atoms with E-state index in [-0.39, 0.29) is 17.9 Å². The van der Waals surface area contributed by atoms with Crippen molar-refractivity contribution in [2.24, 2.45) is 0 Å². The highest BCUT2D eigenvalue weighted by molar-refractivity contribution is 9.08. The van der Waals surface area contributed by atoms with Crippen LogP contribution in [-0.2, 0) is 11.9 Å². The zero-order chi connectivity index (χ0) is 13.8. The summed E-state index contributed by atoms with van der Waals surface area (Å²) in [6.45, 7) is -0.160. The Balaban J connectivity index is 2.19. The molecular formula is C14H10BrF3O. The molecule has 2 aromatic carbocycles. The van der Waals surface area contributed by atoms with Crippen molar-refractivity contribution in [2.75, 3.05) is 0 Å².